The summed E-state index contributed by atoms with van der Waals surface area (Å²) in [5, 5.41) is 0.662. The normalized spacial score (nSPS) is 11.0. The monoisotopic (exact) mass is 355 g/mol. The smallest absolute Gasteiger partial charge is 0.131 e. The molecule has 0 saturated carbocycles. The molecule has 20 heavy (non-hydrogen) atoms. The van der Waals surface area contributed by atoms with Crippen molar-refractivity contribution in [2.45, 2.75) is 39.7 Å². The van der Waals surface area contributed by atoms with Gasteiger partial charge in [-0.05, 0) is 25.0 Å². The van der Waals surface area contributed by atoms with Crippen molar-refractivity contribution in [3.05, 3.63) is 33.5 Å². The van der Waals surface area contributed by atoms with E-state index in [9.17, 15) is 0 Å². The molecule has 0 saturated heterocycles. The molecule has 108 valence electrons. The first-order chi connectivity index (χ1) is 9.58. The number of nitrogen functional groups attached to an aromatic ring is 1. The summed E-state index contributed by atoms with van der Waals surface area (Å²) in [6.07, 6.45) is 3.01. The van der Waals surface area contributed by atoms with Crippen LogP contribution in [0, 0.1) is 0 Å². The Morgan fingerprint density at radius 2 is 2.05 bits per heavy atom. The van der Waals surface area contributed by atoms with Gasteiger partial charge in [0.1, 0.15) is 17.3 Å². The second-order valence-electron chi connectivity index (χ2n) is 4.79. The number of benzene rings is 1. The second kappa shape index (κ2) is 6.64. The molecular weight excluding hydrogens is 338 g/mol. The minimum Gasteiger partial charge on any atom is -0.383 e. The van der Waals surface area contributed by atoms with Crippen molar-refractivity contribution in [3.8, 4) is 11.3 Å². The number of rotatable bonds is 5. The molecule has 0 spiro atoms. The van der Waals surface area contributed by atoms with Crippen LogP contribution >= 0.6 is 27.5 Å². The van der Waals surface area contributed by atoms with Gasteiger partial charge < -0.3 is 10.3 Å². The molecule has 0 aliphatic rings. The van der Waals surface area contributed by atoms with Crippen LogP contribution < -0.4 is 5.73 Å². The highest BCUT2D eigenvalue weighted by molar-refractivity contribution is 9.10. The van der Waals surface area contributed by atoms with E-state index in [-0.39, 0.29) is 0 Å². The van der Waals surface area contributed by atoms with Gasteiger partial charge in [-0.15, -0.1) is 0 Å². The van der Waals surface area contributed by atoms with E-state index in [1.165, 1.54) is 0 Å². The molecule has 2 aromatic rings. The summed E-state index contributed by atoms with van der Waals surface area (Å²) in [5.74, 6) is 1.75. The molecule has 1 aromatic heterocycles. The average Bonchev–Trinajstić information content (AvgIpc) is 2.69. The Hall–Kier alpha value is -1.00. The quantitative estimate of drug-likeness (QED) is 0.827. The van der Waals surface area contributed by atoms with Crippen LogP contribution in [0.25, 0.3) is 11.3 Å². The van der Waals surface area contributed by atoms with Crippen LogP contribution in [-0.2, 0) is 13.0 Å². The summed E-state index contributed by atoms with van der Waals surface area (Å²) >= 11 is 9.73. The number of nitrogens with two attached hydrogens (primary N) is 1. The van der Waals surface area contributed by atoms with E-state index in [0.717, 1.165) is 47.4 Å². The summed E-state index contributed by atoms with van der Waals surface area (Å²) in [6.45, 7) is 5.18. The largest absolute Gasteiger partial charge is 0.383 e. The van der Waals surface area contributed by atoms with Crippen molar-refractivity contribution in [3.63, 3.8) is 0 Å². The summed E-state index contributed by atoms with van der Waals surface area (Å²) in [6, 6.07) is 5.78. The van der Waals surface area contributed by atoms with Crippen molar-refractivity contribution in [2.24, 2.45) is 0 Å². The highest BCUT2D eigenvalue weighted by atomic mass is 79.9. The van der Waals surface area contributed by atoms with Crippen LogP contribution in [0.4, 0.5) is 5.82 Å². The highest BCUT2D eigenvalue weighted by Gasteiger charge is 2.17. The Morgan fingerprint density at radius 1 is 1.30 bits per heavy atom. The van der Waals surface area contributed by atoms with Gasteiger partial charge in [-0.25, -0.2) is 4.98 Å². The molecule has 1 aromatic carbocycles. The number of halogens is 2. The highest BCUT2D eigenvalue weighted by Crippen LogP contribution is 2.34. The lowest BCUT2D eigenvalue weighted by molar-refractivity contribution is 0.637. The fourth-order valence-electron chi connectivity index (χ4n) is 2.28. The van der Waals surface area contributed by atoms with Gasteiger partial charge in [-0.1, -0.05) is 47.4 Å². The van der Waals surface area contributed by atoms with Gasteiger partial charge in [0, 0.05) is 23.0 Å². The van der Waals surface area contributed by atoms with Crippen LogP contribution in [0.3, 0.4) is 0 Å². The molecule has 1 heterocycles. The molecule has 0 bridgehead atoms. The molecule has 0 fully saturated rings. The van der Waals surface area contributed by atoms with Crippen molar-refractivity contribution in [1.82, 2.24) is 9.55 Å². The van der Waals surface area contributed by atoms with Crippen molar-refractivity contribution < 1.29 is 0 Å². The summed E-state index contributed by atoms with van der Waals surface area (Å²) in [7, 11) is 0. The molecule has 2 rings (SSSR count). The number of nitrogens with zero attached hydrogens (tertiary/aromatic N) is 2. The fraction of sp³-hybridized carbons (Fsp3) is 0.400. The lowest BCUT2D eigenvalue weighted by atomic mass is 10.1. The molecule has 0 aliphatic heterocycles. The first kappa shape index (κ1) is 15.4. The molecule has 3 nitrogen and oxygen atoms in total. The van der Waals surface area contributed by atoms with Crippen LogP contribution in [-0.4, -0.2) is 9.55 Å². The number of aryl methyl sites for hydroxylation is 1. The van der Waals surface area contributed by atoms with Crippen molar-refractivity contribution in [1.29, 1.82) is 0 Å². The van der Waals surface area contributed by atoms with Gasteiger partial charge in [0.05, 0.1) is 5.02 Å². The van der Waals surface area contributed by atoms with E-state index in [1.54, 1.807) is 0 Å². The maximum atomic E-state index is 6.32. The van der Waals surface area contributed by atoms with Crippen LogP contribution in [0.15, 0.2) is 22.7 Å². The van der Waals surface area contributed by atoms with Crippen LogP contribution in [0.5, 0.6) is 0 Å². The Bertz CT molecular complexity index is 607. The second-order valence-corrected chi connectivity index (χ2v) is 6.11. The first-order valence-corrected chi connectivity index (χ1v) is 8.05. The maximum Gasteiger partial charge on any atom is 0.131 e. The van der Waals surface area contributed by atoms with E-state index in [2.05, 4.69) is 34.3 Å². The molecule has 2 N–H and O–H groups in total. The number of hydrogen-bond acceptors (Lipinski definition) is 2. The SMILES string of the molecule is CCCc1nc(-c2ccc(Br)cc2Cl)c(N)n1CCC. The van der Waals surface area contributed by atoms with E-state index in [1.807, 2.05) is 18.2 Å². The Kier molecular flexibility index (Phi) is 5.11. The molecule has 0 atom stereocenters. The minimum atomic E-state index is 0.662. The maximum absolute atomic E-state index is 6.32. The zero-order valence-electron chi connectivity index (χ0n) is 11.8. The van der Waals surface area contributed by atoms with Crippen molar-refractivity contribution in [2.75, 3.05) is 5.73 Å². The third kappa shape index (κ3) is 3.01. The lowest BCUT2D eigenvalue weighted by Gasteiger charge is -2.08. The van der Waals surface area contributed by atoms with Crippen molar-refractivity contribution >= 4 is 33.3 Å². The summed E-state index contributed by atoms with van der Waals surface area (Å²) < 4.78 is 3.06. The minimum absolute atomic E-state index is 0.662. The average molecular weight is 357 g/mol. The number of aromatic nitrogens is 2. The standard InChI is InChI=1S/C15H19BrClN3/c1-3-5-13-19-14(15(18)20(13)8-4-2)11-7-6-10(16)9-12(11)17/h6-7,9H,3-5,8,18H2,1-2H3. The predicted molar refractivity (Wildman–Crippen MR) is 89.1 cm³/mol. The Labute approximate surface area is 133 Å². The van der Waals surface area contributed by atoms with Crippen LogP contribution in [0.1, 0.15) is 32.5 Å². The third-order valence-corrected chi connectivity index (χ3v) is 4.00. The first-order valence-electron chi connectivity index (χ1n) is 6.88. The predicted octanol–water partition coefficient (Wildman–Crippen LogP) is 4.91. The van der Waals surface area contributed by atoms with Gasteiger partial charge >= 0.3 is 0 Å². The van der Waals surface area contributed by atoms with Gasteiger partial charge in [-0.3, -0.25) is 0 Å². The molecule has 0 amide bonds. The topological polar surface area (TPSA) is 43.8 Å². The molecular formula is C15H19BrClN3. The number of imidazole rings is 1. The number of hydrogen-bond donors (Lipinski definition) is 1. The summed E-state index contributed by atoms with van der Waals surface area (Å²) in [5.41, 5.74) is 7.97. The van der Waals surface area contributed by atoms with E-state index < -0.39 is 0 Å². The van der Waals surface area contributed by atoms with Gasteiger partial charge in [0.25, 0.3) is 0 Å². The zero-order valence-corrected chi connectivity index (χ0v) is 14.1. The lowest BCUT2D eigenvalue weighted by Crippen LogP contribution is -2.06. The Morgan fingerprint density at radius 3 is 2.65 bits per heavy atom. The number of anilines is 1. The molecule has 0 radical (unpaired) electrons. The van der Waals surface area contributed by atoms with E-state index in [0.29, 0.717) is 10.8 Å². The van der Waals surface area contributed by atoms with Gasteiger partial charge in [-0.2, -0.15) is 0 Å². The Balaban J connectivity index is 2.53. The third-order valence-electron chi connectivity index (χ3n) is 3.19. The van der Waals surface area contributed by atoms with E-state index >= 15 is 0 Å². The zero-order chi connectivity index (χ0) is 14.7. The van der Waals surface area contributed by atoms with Gasteiger partial charge in [0.15, 0.2) is 0 Å². The summed E-state index contributed by atoms with van der Waals surface area (Å²) in [4.78, 5) is 4.72. The van der Waals surface area contributed by atoms with E-state index in [4.69, 9.17) is 22.3 Å². The molecule has 0 unspecified atom stereocenters. The molecule has 0 aliphatic carbocycles. The fourth-order valence-corrected chi connectivity index (χ4v) is 3.04. The van der Waals surface area contributed by atoms with Gasteiger partial charge in [0.2, 0.25) is 0 Å². The molecule has 5 heteroatoms. The van der Waals surface area contributed by atoms with Crippen LogP contribution in [0.2, 0.25) is 5.02 Å².